The highest BCUT2D eigenvalue weighted by Crippen LogP contribution is 2.46. The van der Waals surface area contributed by atoms with Gasteiger partial charge in [0.2, 0.25) is 6.79 Å². The number of likely N-dealkylation sites (N-methyl/N-ethyl adjacent to an activating group) is 1. The summed E-state index contributed by atoms with van der Waals surface area (Å²) in [5.41, 5.74) is 1.94. The highest BCUT2D eigenvalue weighted by atomic mass is 16.7. The molecule has 1 aromatic carbocycles. The Kier molecular flexibility index (Phi) is 3.61. The molecule has 1 fully saturated rings. The van der Waals surface area contributed by atoms with Crippen molar-refractivity contribution in [3.05, 3.63) is 53.9 Å². The van der Waals surface area contributed by atoms with Crippen molar-refractivity contribution in [3.8, 4) is 11.5 Å². The van der Waals surface area contributed by atoms with Gasteiger partial charge in [0, 0.05) is 30.9 Å². The topological polar surface area (TPSA) is 71.9 Å². The molecule has 0 aliphatic carbocycles. The number of carboxylic acid groups (broad SMARTS) is 1. The summed E-state index contributed by atoms with van der Waals surface area (Å²) >= 11 is 0. The van der Waals surface area contributed by atoms with Crippen molar-refractivity contribution in [1.82, 2.24) is 9.88 Å². The zero-order valence-electron chi connectivity index (χ0n) is 13.3. The second kappa shape index (κ2) is 5.79. The summed E-state index contributed by atoms with van der Waals surface area (Å²) in [4.78, 5) is 18.2. The Morgan fingerprint density at radius 3 is 2.67 bits per heavy atom. The van der Waals surface area contributed by atoms with Gasteiger partial charge in [0.1, 0.15) is 0 Å². The van der Waals surface area contributed by atoms with Crippen LogP contribution < -0.4 is 9.47 Å². The molecule has 3 heterocycles. The molecule has 1 N–H and O–H groups in total. The molecular weight excluding hydrogens is 308 g/mol. The van der Waals surface area contributed by atoms with E-state index in [1.165, 1.54) is 0 Å². The van der Waals surface area contributed by atoms with E-state index in [9.17, 15) is 9.90 Å². The number of carboxylic acids is 1. The lowest BCUT2D eigenvalue weighted by Crippen LogP contribution is -2.26. The molecule has 0 bridgehead atoms. The molecule has 6 heteroatoms. The predicted octanol–water partition coefficient (Wildman–Crippen LogP) is 2.28. The number of rotatable bonds is 3. The lowest BCUT2D eigenvalue weighted by molar-refractivity contribution is -0.143. The van der Waals surface area contributed by atoms with E-state index >= 15 is 0 Å². The maximum atomic E-state index is 12.1. The van der Waals surface area contributed by atoms with Gasteiger partial charge >= 0.3 is 5.97 Å². The molecule has 124 valence electrons. The first-order valence-corrected chi connectivity index (χ1v) is 7.87. The molecule has 0 radical (unpaired) electrons. The molecule has 3 unspecified atom stereocenters. The van der Waals surface area contributed by atoms with Crippen LogP contribution in [-0.2, 0) is 4.79 Å². The molecule has 2 aliphatic rings. The van der Waals surface area contributed by atoms with Gasteiger partial charge in [-0.25, -0.2) is 0 Å². The Labute approximate surface area is 139 Å². The molecule has 1 saturated heterocycles. The van der Waals surface area contributed by atoms with Gasteiger partial charge in [-0.3, -0.25) is 14.7 Å². The zero-order chi connectivity index (χ0) is 16.7. The van der Waals surface area contributed by atoms with E-state index in [-0.39, 0.29) is 18.8 Å². The SMILES string of the molecule is CN1CC(c2ccc3c(c2)OCO3)C(C(=O)O)C1c1ccncc1. The molecule has 6 nitrogen and oxygen atoms in total. The second-order valence-corrected chi connectivity index (χ2v) is 6.25. The number of fused-ring (bicyclic) bond motifs is 1. The third-order valence-electron chi connectivity index (χ3n) is 4.89. The van der Waals surface area contributed by atoms with E-state index < -0.39 is 11.9 Å². The smallest absolute Gasteiger partial charge is 0.309 e. The van der Waals surface area contributed by atoms with Crippen LogP contribution in [0.3, 0.4) is 0 Å². The summed E-state index contributed by atoms with van der Waals surface area (Å²) in [6.45, 7) is 0.884. The number of aromatic nitrogens is 1. The fraction of sp³-hybridized carbons (Fsp3) is 0.333. The number of nitrogens with zero attached hydrogens (tertiary/aromatic N) is 2. The van der Waals surface area contributed by atoms with Crippen molar-refractivity contribution in [2.45, 2.75) is 12.0 Å². The van der Waals surface area contributed by atoms with Crippen LogP contribution in [0.25, 0.3) is 0 Å². The quantitative estimate of drug-likeness (QED) is 0.933. The molecule has 24 heavy (non-hydrogen) atoms. The fourth-order valence-corrected chi connectivity index (χ4v) is 3.82. The summed E-state index contributed by atoms with van der Waals surface area (Å²) in [7, 11) is 1.97. The minimum Gasteiger partial charge on any atom is -0.481 e. The number of hydrogen-bond acceptors (Lipinski definition) is 5. The standard InChI is InChI=1S/C18H18N2O4/c1-20-9-13(12-2-3-14-15(8-12)24-10-23-14)16(18(21)22)17(20)11-4-6-19-7-5-11/h2-8,13,16-17H,9-10H2,1H3,(H,21,22). The van der Waals surface area contributed by atoms with Gasteiger partial charge in [0.05, 0.1) is 5.92 Å². The molecular formula is C18H18N2O4. The lowest BCUT2D eigenvalue weighted by atomic mass is 9.83. The van der Waals surface area contributed by atoms with Crippen molar-refractivity contribution in [1.29, 1.82) is 0 Å². The van der Waals surface area contributed by atoms with Gasteiger partial charge < -0.3 is 14.6 Å². The Bertz CT molecular complexity index is 765. The van der Waals surface area contributed by atoms with E-state index in [1.807, 2.05) is 37.4 Å². The van der Waals surface area contributed by atoms with E-state index in [4.69, 9.17) is 9.47 Å². The van der Waals surface area contributed by atoms with E-state index in [0.717, 1.165) is 11.1 Å². The number of aliphatic carboxylic acids is 1. The summed E-state index contributed by atoms with van der Waals surface area (Å²) in [6, 6.07) is 9.30. The number of benzene rings is 1. The minimum absolute atomic E-state index is 0.111. The van der Waals surface area contributed by atoms with Crippen LogP contribution in [-0.4, -0.2) is 41.3 Å². The molecule has 3 atom stereocenters. The fourth-order valence-electron chi connectivity index (χ4n) is 3.82. The average Bonchev–Trinajstić information content (AvgIpc) is 3.18. The summed E-state index contributed by atoms with van der Waals surface area (Å²) < 4.78 is 10.8. The minimum atomic E-state index is -0.788. The maximum Gasteiger partial charge on any atom is 0.309 e. The molecule has 0 spiro atoms. The highest BCUT2D eigenvalue weighted by Gasteiger charge is 2.46. The van der Waals surface area contributed by atoms with Gasteiger partial charge in [-0.1, -0.05) is 6.07 Å². The number of likely N-dealkylation sites (tertiary alicyclic amines) is 1. The zero-order valence-corrected chi connectivity index (χ0v) is 13.3. The van der Waals surface area contributed by atoms with E-state index in [1.54, 1.807) is 12.4 Å². The van der Waals surface area contributed by atoms with Gasteiger partial charge in [0.15, 0.2) is 11.5 Å². The monoisotopic (exact) mass is 326 g/mol. The number of ether oxygens (including phenoxy) is 2. The largest absolute Gasteiger partial charge is 0.481 e. The lowest BCUT2D eigenvalue weighted by Gasteiger charge is -2.24. The van der Waals surface area contributed by atoms with Crippen LogP contribution in [0.5, 0.6) is 11.5 Å². The van der Waals surface area contributed by atoms with Crippen LogP contribution in [0.1, 0.15) is 23.1 Å². The molecule has 0 saturated carbocycles. The highest BCUT2D eigenvalue weighted by molar-refractivity contribution is 5.73. The summed E-state index contributed by atoms with van der Waals surface area (Å²) in [5.74, 6) is -0.0314. The first-order chi connectivity index (χ1) is 11.6. The first kappa shape index (κ1) is 15.0. The van der Waals surface area contributed by atoms with Crippen molar-refractivity contribution >= 4 is 5.97 Å². The number of pyridine rings is 1. The number of hydrogen-bond donors (Lipinski definition) is 1. The summed E-state index contributed by atoms with van der Waals surface area (Å²) in [5, 5.41) is 9.89. The van der Waals surface area contributed by atoms with Crippen molar-refractivity contribution in [2.75, 3.05) is 20.4 Å². The van der Waals surface area contributed by atoms with Gasteiger partial charge in [0.25, 0.3) is 0 Å². The normalized spacial score (nSPS) is 25.8. The third-order valence-corrected chi connectivity index (χ3v) is 4.89. The van der Waals surface area contributed by atoms with Gasteiger partial charge in [-0.2, -0.15) is 0 Å². The second-order valence-electron chi connectivity index (χ2n) is 6.25. The average molecular weight is 326 g/mol. The van der Waals surface area contributed by atoms with E-state index in [0.29, 0.717) is 18.0 Å². The van der Waals surface area contributed by atoms with Crippen molar-refractivity contribution in [3.63, 3.8) is 0 Å². The Hall–Kier alpha value is -2.60. The molecule has 1 aromatic heterocycles. The van der Waals surface area contributed by atoms with Crippen molar-refractivity contribution < 1.29 is 19.4 Å². The Balaban J connectivity index is 1.72. The van der Waals surface area contributed by atoms with Crippen LogP contribution in [0.4, 0.5) is 0 Å². The Morgan fingerprint density at radius 2 is 1.92 bits per heavy atom. The molecule has 2 aliphatic heterocycles. The predicted molar refractivity (Wildman–Crippen MR) is 86.0 cm³/mol. The first-order valence-electron chi connectivity index (χ1n) is 7.87. The van der Waals surface area contributed by atoms with Gasteiger partial charge in [-0.15, -0.1) is 0 Å². The summed E-state index contributed by atoms with van der Waals surface area (Å²) in [6.07, 6.45) is 3.41. The molecule has 0 amide bonds. The van der Waals surface area contributed by atoms with Crippen molar-refractivity contribution in [2.24, 2.45) is 5.92 Å². The third kappa shape index (κ3) is 2.39. The maximum absolute atomic E-state index is 12.1. The Morgan fingerprint density at radius 1 is 1.17 bits per heavy atom. The van der Waals surface area contributed by atoms with Crippen LogP contribution in [0, 0.1) is 5.92 Å². The van der Waals surface area contributed by atoms with E-state index in [2.05, 4.69) is 9.88 Å². The molecule has 2 aromatic rings. The van der Waals surface area contributed by atoms with Crippen LogP contribution in [0.2, 0.25) is 0 Å². The molecule has 4 rings (SSSR count). The van der Waals surface area contributed by atoms with Gasteiger partial charge in [-0.05, 0) is 42.4 Å². The van der Waals surface area contributed by atoms with Crippen LogP contribution >= 0.6 is 0 Å². The number of carbonyl (C=O) groups is 1. The van der Waals surface area contributed by atoms with Crippen LogP contribution in [0.15, 0.2) is 42.7 Å².